The van der Waals surface area contributed by atoms with Gasteiger partial charge in [0.1, 0.15) is 11.5 Å². The maximum atomic E-state index is 5.60. The molecule has 1 fully saturated rings. The summed E-state index contributed by atoms with van der Waals surface area (Å²) in [4.78, 5) is 0. The average molecular weight is 197 g/mol. The number of furan rings is 1. The van der Waals surface area contributed by atoms with Gasteiger partial charge in [0.2, 0.25) is 0 Å². The first-order valence-electron chi connectivity index (χ1n) is 4.66. The Morgan fingerprint density at radius 3 is 2.92 bits per heavy atom. The van der Waals surface area contributed by atoms with Crippen LogP contribution in [-0.4, -0.2) is 17.5 Å². The number of rotatable bonds is 1. The van der Waals surface area contributed by atoms with Crippen LogP contribution in [0.2, 0.25) is 0 Å². The van der Waals surface area contributed by atoms with E-state index in [0.717, 1.165) is 17.3 Å². The monoisotopic (exact) mass is 197 g/mol. The predicted molar refractivity (Wildman–Crippen MR) is 56.1 cm³/mol. The second kappa shape index (κ2) is 3.76. The molecule has 72 valence electrons. The maximum Gasteiger partial charge on any atom is 0.121 e. The van der Waals surface area contributed by atoms with Crippen molar-refractivity contribution in [2.24, 2.45) is 0 Å². The van der Waals surface area contributed by atoms with Gasteiger partial charge in [-0.05, 0) is 26.0 Å². The lowest BCUT2D eigenvalue weighted by molar-refractivity contribution is 0.396. The van der Waals surface area contributed by atoms with Crippen molar-refractivity contribution < 1.29 is 4.42 Å². The van der Waals surface area contributed by atoms with E-state index in [1.165, 1.54) is 5.75 Å². The summed E-state index contributed by atoms with van der Waals surface area (Å²) >= 11 is 1.99. The van der Waals surface area contributed by atoms with Crippen LogP contribution in [0.15, 0.2) is 16.5 Å². The van der Waals surface area contributed by atoms with Crippen LogP contribution in [-0.2, 0) is 0 Å². The van der Waals surface area contributed by atoms with Gasteiger partial charge in [-0.1, -0.05) is 0 Å². The van der Waals surface area contributed by atoms with E-state index in [0.29, 0.717) is 12.1 Å². The van der Waals surface area contributed by atoms with Crippen LogP contribution in [0, 0.1) is 6.92 Å². The Bertz CT molecular complexity index is 284. The number of aryl methyl sites for hydroxylation is 1. The highest BCUT2D eigenvalue weighted by Gasteiger charge is 2.21. The molecule has 0 saturated carbocycles. The smallest absolute Gasteiger partial charge is 0.121 e. The molecular weight excluding hydrogens is 182 g/mol. The lowest BCUT2D eigenvalue weighted by Gasteiger charge is -2.26. The van der Waals surface area contributed by atoms with E-state index in [4.69, 9.17) is 4.42 Å². The van der Waals surface area contributed by atoms with Gasteiger partial charge in [-0.2, -0.15) is 11.8 Å². The molecule has 1 saturated heterocycles. The molecule has 0 radical (unpaired) electrons. The van der Waals surface area contributed by atoms with Crippen molar-refractivity contribution in [1.29, 1.82) is 0 Å². The zero-order valence-corrected chi connectivity index (χ0v) is 8.86. The van der Waals surface area contributed by atoms with Crippen molar-refractivity contribution in [3.05, 3.63) is 23.7 Å². The zero-order valence-electron chi connectivity index (χ0n) is 8.04. The Kier molecular flexibility index (Phi) is 2.65. The third kappa shape index (κ3) is 2.09. The van der Waals surface area contributed by atoms with Gasteiger partial charge >= 0.3 is 0 Å². The van der Waals surface area contributed by atoms with Crippen LogP contribution in [0.4, 0.5) is 0 Å². The highest BCUT2D eigenvalue weighted by molar-refractivity contribution is 7.99. The zero-order chi connectivity index (χ0) is 9.26. The maximum absolute atomic E-state index is 5.60. The largest absolute Gasteiger partial charge is 0.465 e. The van der Waals surface area contributed by atoms with Crippen molar-refractivity contribution in [3.63, 3.8) is 0 Å². The summed E-state index contributed by atoms with van der Waals surface area (Å²) in [6.45, 7) is 4.21. The summed E-state index contributed by atoms with van der Waals surface area (Å²) in [5.41, 5.74) is 0. The topological polar surface area (TPSA) is 25.2 Å². The fourth-order valence-corrected chi connectivity index (χ4v) is 2.69. The van der Waals surface area contributed by atoms with Gasteiger partial charge in [0, 0.05) is 17.5 Å². The molecule has 0 spiro atoms. The summed E-state index contributed by atoms with van der Waals surface area (Å²) < 4.78 is 5.60. The molecule has 2 heterocycles. The van der Waals surface area contributed by atoms with Gasteiger partial charge in [-0.3, -0.25) is 0 Å². The fraction of sp³-hybridized carbons (Fsp3) is 0.600. The first-order valence-corrected chi connectivity index (χ1v) is 5.81. The Labute approximate surface area is 83.1 Å². The van der Waals surface area contributed by atoms with E-state index in [9.17, 15) is 0 Å². The molecule has 2 nitrogen and oxygen atoms in total. The van der Waals surface area contributed by atoms with Crippen LogP contribution in [0.3, 0.4) is 0 Å². The highest BCUT2D eigenvalue weighted by atomic mass is 32.2. The van der Waals surface area contributed by atoms with Crippen LogP contribution in [0.1, 0.15) is 24.5 Å². The molecular formula is C10H15NOS. The van der Waals surface area contributed by atoms with E-state index in [-0.39, 0.29) is 0 Å². The van der Waals surface area contributed by atoms with Gasteiger partial charge in [-0.15, -0.1) is 0 Å². The summed E-state index contributed by atoms with van der Waals surface area (Å²) in [5, 5.41) is 3.53. The molecule has 0 aromatic carbocycles. The SMILES string of the molecule is Cc1ccc(C2CSCC(C)N2)o1. The highest BCUT2D eigenvalue weighted by Crippen LogP contribution is 2.25. The minimum Gasteiger partial charge on any atom is -0.465 e. The lowest BCUT2D eigenvalue weighted by atomic mass is 10.2. The van der Waals surface area contributed by atoms with E-state index in [1.54, 1.807) is 0 Å². The number of hydrogen-bond donors (Lipinski definition) is 1. The van der Waals surface area contributed by atoms with Crippen LogP contribution in [0.5, 0.6) is 0 Å². The standard InChI is InChI=1S/C10H15NOS/c1-7-5-13-6-9(11-7)10-4-3-8(2)12-10/h3-4,7,9,11H,5-6H2,1-2H3. The number of hydrogen-bond acceptors (Lipinski definition) is 3. The number of nitrogens with one attached hydrogen (secondary N) is 1. The molecule has 3 heteroatoms. The fourth-order valence-electron chi connectivity index (χ4n) is 1.61. The first-order chi connectivity index (χ1) is 6.25. The summed E-state index contributed by atoms with van der Waals surface area (Å²) in [6, 6.07) is 5.10. The Morgan fingerprint density at radius 2 is 2.31 bits per heavy atom. The van der Waals surface area contributed by atoms with E-state index in [1.807, 2.05) is 24.8 Å². The summed E-state index contributed by atoms with van der Waals surface area (Å²) in [6.07, 6.45) is 0. The van der Waals surface area contributed by atoms with Crippen molar-refractivity contribution >= 4 is 11.8 Å². The predicted octanol–water partition coefficient (Wildman–Crippen LogP) is 2.35. The van der Waals surface area contributed by atoms with Crippen LogP contribution in [0.25, 0.3) is 0 Å². The molecule has 1 aromatic rings. The van der Waals surface area contributed by atoms with Gasteiger partial charge in [-0.25, -0.2) is 0 Å². The van der Waals surface area contributed by atoms with Gasteiger partial charge in [0.15, 0.2) is 0 Å². The molecule has 0 bridgehead atoms. The van der Waals surface area contributed by atoms with Crippen LogP contribution < -0.4 is 5.32 Å². The Morgan fingerprint density at radius 1 is 1.46 bits per heavy atom. The quantitative estimate of drug-likeness (QED) is 0.748. The van der Waals surface area contributed by atoms with Gasteiger partial charge in [0.05, 0.1) is 6.04 Å². The third-order valence-electron chi connectivity index (χ3n) is 2.24. The van der Waals surface area contributed by atoms with E-state index >= 15 is 0 Å². The second-order valence-electron chi connectivity index (χ2n) is 3.61. The molecule has 1 N–H and O–H groups in total. The first kappa shape index (κ1) is 9.16. The van der Waals surface area contributed by atoms with Crippen molar-refractivity contribution in [2.45, 2.75) is 25.9 Å². The summed E-state index contributed by atoms with van der Waals surface area (Å²) in [7, 11) is 0. The average Bonchev–Trinajstić information content (AvgIpc) is 2.52. The van der Waals surface area contributed by atoms with E-state index in [2.05, 4.69) is 18.3 Å². The Balaban J connectivity index is 2.08. The second-order valence-corrected chi connectivity index (χ2v) is 4.68. The molecule has 0 amide bonds. The molecule has 13 heavy (non-hydrogen) atoms. The van der Waals surface area contributed by atoms with Gasteiger partial charge in [0.25, 0.3) is 0 Å². The summed E-state index contributed by atoms with van der Waals surface area (Å²) in [5.74, 6) is 4.41. The molecule has 2 rings (SSSR count). The van der Waals surface area contributed by atoms with Crippen LogP contribution >= 0.6 is 11.8 Å². The molecule has 0 aliphatic carbocycles. The minimum absolute atomic E-state index is 0.405. The van der Waals surface area contributed by atoms with Gasteiger partial charge < -0.3 is 9.73 Å². The molecule has 1 aliphatic heterocycles. The Hall–Kier alpha value is -0.410. The third-order valence-corrected chi connectivity index (χ3v) is 3.55. The minimum atomic E-state index is 0.405. The molecule has 1 aliphatic rings. The lowest BCUT2D eigenvalue weighted by Crippen LogP contribution is -2.37. The normalized spacial score (nSPS) is 29.1. The van der Waals surface area contributed by atoms with Crippen molar-refractivity contribution in [3.8, 4) is 0 Å². The molecule has 1 aromatic heterocycles. The van der Waals surface area contributed by atoms with E-state index < -0.39 is 0 Å². The molecule has 2 unspecified atom stereocenters. The van der Waals surface area contributed by atoms with Crippen molar-refractivity contribution in [2.75, 3.05) is 11.5 Å². The molecule has 2 atom stereocenters. The van der Waals surface area contributed by atoms with Crippen molar-refractivity contribution in [1.82, 2.24) is 5.32 Å². The number of thioether (sulfide) groups is 1.